The van der Waals surface area contributed by atoms with Crippen molar-refractivity contribution in [3.05, 3.63) is 29.1 Å². The Balaban J connectivity index is 1.98. The molecule has 1 aliphatic carbocycles. The number of alkyl halides is 3. The largest absolute Gasteiger partial charge is 0.491 e. The van der Waals surface area contributed by atoms with Gasteiger partial charge in [-0.1, -0.05) is 51.9 Å². The number of hydrogen-bond donors (Lipinski definition) is 0. The second kappa shape index (κ2) is 10.3. The van der Waals surface area contributed by atoms with E-state index in [-0.39, 0.29) is 13.0 Å². The van der Waals surface area contributed by atoms with E-state index in [0.717, 1.165) is 37.3 Å². The molecule has 6 heteroatoms. The summed E-state index contributed by atoms with van der Waals surface area (Å²) < 4.78 is 59.3. The normalized spacial score (nSPS) is 20.2. The number of rotatable bonds is 9. The van der Waals surface area contributed by atoms with E-state index in [4.69, 9.17) is 4.74 Å². The van der Waals surface area contributed by atoms with Crippen molar-refractivity contribution < 1.29 is 27.1 Å². The predicted molar refractivity (Wildman–Crippen MR) is 101 cm³/mol. The van der Waals surface area contributed by atoms with Gasteiger partial charge in [0.05, 0.1) is 6.61 Å². The van der Waals surface area contributed by atoms with Crippen molar-refractivity contribution in [2.24, 2.45) is 11.8 Å². The van der Waals surface area contributed by atoms with Crippen molar-refractivity contribution in [2.45, 2.75) is 77.8 Å². The fraction of sp³-hybridized carbons (Fsp3) is 0.682. The van der Waals surface area contributed by atoms with Crippen LogP contribution in [0.4, 0.5) is 17.6 Å². The first-order valence-electron chi connectivity index (χ1n) is 10.3. The first-order valence-corrected chi connectivity index (χ1v) is 10.3. The predicted octanol–water partition coefficient (Wildman–Crippen LogP) is 7.20. The van der Waals surface area contributed by atoms with Gasteiger partial charge in [0, 0.05) is 12.0 Å². The quantitative estimate of drug-likeness (QED) is 0.322. The van der Waals surface area contributed by atoms with Gasteiger partial charge in [0.1, 0.15) is 5.56 Å². The molecule has 1 aromatic carbocycles. The Kier molecular flexibility index (Phi) is 8.32. The molecule has 0 atom stereocenters. The summed E-state index contributed by atoms with van der Waals surface area (Å²) in [5.41, 5.74) is -2.11. The number of ether oxygens (including phenoxy) is 1. The van der Waals surface area contributed by atoms with Gasteiger partial charge >= 0.3 is 6.18 Å². The maximum Gasteiger partial charge on any atom is 0.420 e. The van der Waals surface area contributed by atoms with Gasteiger partial charge in [-0.05, 0) is 37.3 Å². The van der Waals surface area contributed by atoms with E-state index in [0.29, 0.717) is 12.3 Å². The average Bonchev–Trinajstić information content (AvgIpc) is 2.64. The summed E-state index contributed by atoms with van der Waals surface area (Å²) in [6.45, 7) is 3.79. The molecule has 2 nitrogen and oxygen atoms in total. The monoisotopic (exact) mass is 402 g/mol. The van der Waals surface area contributed by atoms with E-state index >= 15 is 0 Å². The highest BCUT2D eigenvalue weighted by molar-refractivity contribution is 5.97. The molecule has 1 saturated carbocycles. The number of hydrogen-bond acceptors (Lipinski definition) is 2. The highest BCUT2D eigenvalue weighted by Crippen LogP contribution is 2.39. The lowest BCUT2D eigenvalue weighted by Gasteiger charge is -2.28. The topological polar surface area (TPSA) is 26.3 Å². The Morgan fingerprint density at radius 1 is 1.07 bits per heavy atom. The molecule has 0 amide bonds. The maximum absolute atomic E-state index is 14.3. The van der Waals surface area contributed by atoms with Gasteiger partial charge in [0.15, 0.2) is 17.3 Å². The van der Waals surface area contributed by atoms with Crippen LogP contribution in [-0.4, -0.2) is 12.4 Å². The molecule has 1 aliphatic rings. The van der Waals surface area contributed by atoms with Crippen molar-refractivity contribution in [3.63, 3.8) is 0 Å². The van der Waals surface area contributed by atoms with Crippen LogP contribution in [0.5, 0.6) is 5.75 Å². The summed E-state index contributed by atoms with van der Waals surface area (Å²) in [6, 6.07) is 2.14. The molecule has 0 aliphatic heterocycles. The van der Waals surface area contributed by atoms with Gasteiger partial charge in [0.25, 0.3) is 0 Å². The number of Topliss-reactive ketones (excluding diaryl/α,β-unsaturated/α-hetero) is 1. The van der Waals surface area contributed by atoms with Crippen molar-refractivity contribution in [2.75, 3.05) is 6.61 Å². The number of benzene rings is 1. The third-order valence-electron chi connectivity index (χ3n) is 5.67. The minimum absolute atomic E-state index is 0.00535. The highest BCUT2D eigenvalue weighted by atomic mass is 19.4. The molecular formula is C22H30F4O2. The molecule has 0 aromatic heterocycles. The fourth-order valence-corrected chi connectivity index (χ4v) is 4.24. The van der Waals surface area contributed by atoms with Gasteiger partial charge in [-0.25, -0.2) is 4.39 Å². The average molecular weight is 402 g/mol. The number of carbonyl (C=O) groups excluding carboxylic acids is 1. The van der Waals surface area contributed by atoms with E-state index in [1.165, 1.54) is 25.7 Å². The Morgan fingerprint density at radius 2 is 1.68 bits per heavy atom. The van der Waals surface area contributed by atoms with Crippen LogP contribution in [-0.2, 0) is 6.18 Å². The standard InChI is InChI=1S/C22H30F4O2/c1-3-6-15-9-11-16(12-10-15)7-5-8-18(27)17-13-14-19(28-4-2)21(23)20(17)22(24,25)26/h13-16H,3-12H2,1-2H3. The van der Waals surface area contributed by atoms with E-state index < -0.39 is 34.7 Å². The van der Waals surface area contributed by atoms with Crippen molar-refractivity contribution in [1.29, 1.82) is 0 Å². The summed E-state index contributed by atoms with van der Waals surface area (Å²) in [5.74, 6) is -1.30. The van der Waals surface area contributed by atoms with Crippen LogP contribution in [0.3, 0.4) is 0 Å². The summed E-state index contributed by atoms with van der Waals surface area (Å²) in [4.78, 5) is 12.4. The first kappa shape index (κ1) is 22.7. The first-order chi connectivity index (χ1) is 13.3. The molecule has 1 fully saturated rings. The van der Waals surface area contributed by atoms with Crippen LogP contribution in [0.2, 0.25) is 0 Å². The zero-order valence-corrected chi connectivity index (χ0v) is 16.7. The minimum Gasteiger partial charge on any atom is -0.491 e. The molecule has 0 spiro atoms. The molecule has 2 rings (SSSR count). The van der Waals surface area contributed by atoms with Crippen LogP contribution >= 0.6 is 0 Å². The molecule has 0 heterocycles. The van der Waals surface area contributed by atoms with Gasteiger partial charge < -0.3 is 4.74 Å². The molecule has 0 unspecified atom stereocenters. The Morgan fingerprint density at radius 3 is 2.21 bits per heavy atom. The minimum atomic E-state index is -4.94. The molecule has 0 radical (unpaired) electrons. The summed E-state index contributed by atoms with van der Waals surface area (Å²) >= 11 is 0. The third-order valence-corrected chi connectivity index (χ3v) is 5.67. The molecule has 0 bridgehead atoms. The Bertz CT molecular complexity index is 647. The molecule has 0 N–H and O–H groups in total. The van der Waals surface area contributed by atoms with Crippen LogP contribution in [0.15, 0.2) is 12.1 Å². The van der Waals surface area contributed by atoms with Gasteiger partial charge in [-0.15, -0.1) is 0 Å². The Labute approximate surface area is 164 Å². The van der Waals surface area contributed by atoms with Gasteiger partial charge in [0.2, 0.25) is 0 Å². The molecule has 0 saturated heterocycles. The van der Waals surface area contributed by atoms with Crippen LogP contribution in [0.25, 0.3) is 0 Å². The van der Waals surface area contributed by atoms with Crippen LogP contribution < -0.4 is 4.74 Å². The zero-order valence-electron chi connectivity index (χ0n) is 16.7. The van der Waals surface area contributed by atoms with Gasteiger partial charge in [-0.3, -0.25) is 4.79 Å². The second-order valence-corrected chi connectivity index (χ2v) is 7.72. The SMILES string of the molecule is CCCC1CCC(CCCC(=O)c2ccc(OCC)c(F)c2C(F)(F)F)CC1. The van der Waals surface area contributed by atoms with Crippen molar-refractivity contribution in [3.8, 4) is 5.75 Å². The van der Waals surface area contributed by atoms with E-state index in [1.807, 2.05) is 0 Å². The lowest BCUT2D eigenvalue weighted by Crippen LogP contribution is -2.17. The van der Waals surface area contributed by atoms with Crippen molar-refractivity contribution >= 4 is 5.78 Å². The lowest BCUT2D eigenvalue weighted by molar-refractivity contribution is -0.140. The summed E-state index contributed by atoms with van der Waals surface area (Å²) in [6.07, 6.45) is 3.56. The van der Waals surface area contributed by atoms with E-state index in [9.17, 15) is 22.4 Å². The van der Waals surface area contributed by atoms with E-state index in [1.54, 1.807) is 6.92 Å². The highest BCUT2D eigenvalue weighted by Gasteiger charge is 2.40. The molecule has 1 aromatic rings. The molecular weight excluding hydrogens is 372 g/mol. The molecule has 28 heavy (non-hydrogen) atoms. The third kappa shape index (κ3) is 5.95. The summed E-state index contributed by atoms with van der Waals surface area (Å²) in [5, 5.41) is 0. The van der Waals surface area contributed by atoms with Crippen molar-refractivity contribution in [1.82, 2.24) is 0 Å². The van der Waals surface area contributed by atoms with Gasteiger partial charge in [-0.2, -0.15) is 13.2 Å². The number of carbonyl (C=O) groups is 1. The molecule has 158 valence electrons. The Hall–Kier alpha value is -1.59. The maximum atomic E-state index is 14.3. The zero-order chi connectivity index (χ0) is 20.7. The summed E-state index contributed by atoms with van der Waals surface area (Å²) in [7, 11) is 0. The smallest absolute Gasteiger partial charge is 0.420 e. The second-order valence-electron chi connectivity index (χ2n) is 7.72. The van der Waals surface area contributed by atoms with E-state index in [2.05, 4.69) is 6.92 Å². The van der Waals surface area contributed by atoms with Crippen LogP contribution in [0, 0.1) is 17.7 Å². The van der Waals surface area contributed by atoms with Crippen LogP contribution in [0.1, 0.15) is 87.6 Å². The lowest BCUT2D eigenvalue weighted by atomic mass is 9.78. The fourth-order valence-electron chi connectivity index (χ4n) is 4.24. The number of ketones is 1. The number of halogens is 4.